The number of amides is 1. The van der Waals surface area contributed by atoms with Crippen LogP contribution in [0.5, 0.6) is 0 Å². The van der Waals surface area contributed by atoms with Gasteiger partial charge in [-0.2, -0.15) is 0 Å². The molecule has 2 aromatic carbocycles. The van der Waals surface area contributed by atoms with Crippen LogP contribution in [0.3, 0.4) is 0 Å². The molecule has 0 radical (unpaired) electrons. The van der Waals surface area contributed by atoms with Crippen molar-refractivity contribution < 1.29 is 17.6 Å². The van der Waals surface area contributed by atoms with Crippen molar-refractivity contribution in [2.75, 3.05) is 5.32 Å². The van der Waals surface area contributed by atoms with Crippen LogP contribution in [0.1, 0.15) is 16.3 Å². The summed E-state index contributed by atoms with van der Waals surface area (Å²) >= 11 is 7.43. The molecule has 6 nitrogen and oxygen atoms in total. The van der Waals surface area contributed by atoms with Crippen molar-refractivity contribution in [2.24, 2.45) is 0 Å². The predicted molar refractivity (Wildman–Crippen MR) is 117 cm³/mol. The number of anilines is 1. The number of furan rings is 1. The highest BCUT2D eigenvalue weighted by Gasteiger charge is 2.20. The van der Waals surface area contributed by atoms with Gasteiger partial charge in [-0.05, 0) is 30.3 Å². The van der Waals surface area contributed by atoms with Crippen LogP contribution in [0.2, 0.25) is 5.02 Å². The maximum Gasteiger partial charge on any atom is 0.293 e. The lowest BCUT2D eigenvalue weighted by atomic mass is 10.2. The van der Waals surface area contributed by atoms with Gasteiger partial charge < -0.3 is 4.42 Å². The van der Waals surface area contributed by atoms with E-state index in [2.05, 4.69) is 10.3 Å². The molecule has 2 aromatic heterocycles. The maximum atomic E-state index is 12.5. The van der Waals surface area contributed by atoms with E-state index in [1.54, 1.807) is 29.6 Å². The summed E-state index contributed by atoms with van der Waals surface area (Å²) < 4.78 is 30.4. The zero-order valence-corrected chi connectivity index (χ0v) is 17.8. The first-order valence-corrected chi connectivity index (χ1v) is 11.7. The Labute approximate surface area is 182 Å². The molecule has 4 rings (SSSR count). The summed E-state index contributed by atoms with van der Waals surface area (Å²) in [4.78, 5) is 17.0. The highest BCUT2D eigenvalue weighted by molar-refractivity contribution is 7.90. The molecular weight excluding hydrogens is 444 g/mol. The Bertz CT molecular complexity index is 1300. The van der Waals surface area contributed by atoms with Crippen LogP contribution in [-0.4, -0.2) is 19.3 Å². The van der Waals surface area contributed by atoms with E-state index in [4.69, 9.17) is 16.0 Å². The highest BCUT2D eigenvalue weighted by atomic mass is 35.5. The molecule has 152 valence electrons. The van der Waals surface area contributed by atoms with Crippen LogP contribution in [0.4, 0.5) is 5.13 Å². The third-order valence-corrected chi connectivity index (χ3v) is 6.94. The van der Waals surface area contributed by atoms with Gasteiger partial charge in [0.15, 0.2) is 20.7 Å². The molecule has 0 aliphatic heterocycles. The van der Waals surface area contributed by atoms with E-state index < -0.39 is 15.7 Å². The molecule has 1 N–H and O–H groups in total. The van der Waals surface area contributed by atoms with Crippen molar-refractivity contribution in [3.8, 4) is 11.3 Å². The summed E-state index contributed by atoms with van der Waals surface area (Å²) in [6.07, 6.45) is 0. The van der Waals surface area contributed by atoms with Gasteiger partial charge in [0, 0.05) is 16.0 Å². The summed E-state index contributed by atoms with van der Waals surface area (Å²) in [5.41, 5.74) is 1.41. The molecule has 2 heterocycles. The van der Waals surface area contributed by atoms with Crippen molar-refractivity contribution >= 4 is 43.8 Å². The lowest BCUT2D eigenvalue weighted by molar-refractivity contribution is 0.0995. The average molecular weight is 459 g/mol. The van der Waals surface area contributed by atoms with Gasteiger partial charge in [0.25, 0.3) is 5.91 Å². The van der Waals surface area contributed by atoms with E-state index in [0.717, 1.165) is 5.56 Å². The van der Waals surface area contributed by atoms with Crippen LogP contribution >= 0.6 is 22.9 Å². The number of sulfone groups is 1. The Hall–Kier alpha value is -2.94. The largest absolute Gasteiger partial charge is 0.455 e. The minimum Gasteiger partial charge on any atom is -0.455 e. The van der Waals surface area contributed by atoms with Gasteiger partial charge in [-0.1, -0.05) is 48.0 Å². The number of carbonyl (C=O) groups is 1. The van der Waals surface area contributed by atoms with Crippen molar-refractivity contribution in [2.45, 2.75) is 10.6 Å². The third kappa shape index (κ3) is 4.46. The van der Waals surface area contributed by atoms with Crippen molar-refractivity contribution in [1.82, 2.24) is 4.98 Å². The monoisotopic (exact) mass is 458 g/mol. The van der Waals surface area contributed by atoms with Gasteiger partial charge in [-0.15, -0.1) is 11.3 Å². The molecular formula is C21H15ClN2O4S2. The molecule has 0 saturated heterocycles. The smallest absolute Gasteiger partial charge is 0.293 e. The minimum absolute atomic E-state index is 0.00255. The number of aromatic nitrogens is 1. The molecule has 0 atom stereocenters. The molecule has 0 fully saturated rings. The van der Waals surface area contributed by atoms with Crippen LogP contribution in [0.15, 0.2) is 81.4 Å². The Kier molecular flexibility index (Phi) is 5.72. The lowest BCUT2D eigenvalue weighted by Crippen LogP contribution is -2.10. The topological polar surface area (TPSA) is 89.3 Å². The third-order valence-electron chi connectivity index (χ3n) is 4.19. The zero-order valence-electron chi connectivity index (χ0n) is 15.4. The van der Waals surface area contributed by atoms with Crippen LogP contribution in [0, 0.1) is 0 Å². The van der Waals surface area contributed by atoms with Crippen LogP contribution in [0.25, 0.3) is 11.3 Å². The van der Waals surface area contributed by atoms with Gasteiger partial charge >= 0.3 is 0 Å². The van der Waals surface area contributed by atoms with Gasteiger partial charge in [0.2, 0.25) is 0 Å². The molecule has 0 unspecified atom stereocenters. The number of hydrogen-bond donors (Lipinski definition) is 1. The number of thiazole rings is 1. The second kappa shape index (κ2) is 8.43. The minimum atomic E-state index is -3.56. The fourth-order valence-corrected chi connectivity index (χ4v) is 4.96. The summed E-state index contributed by atoms with van der Waals surface area (Å²) in [7, 11) is -3.56. The van der Waals surface area contributed by atoms with Gasteiger partial charge in [0.1, 0.15) is 11.5 Å². The fourth-order valence-electron chi connectivity index (χ4n) is 2.76. The molecule has 0 bridgehead atoms. The molecule has 0 spiro atoms. The highest BCUT2D eigenvalue weighted by Crippen LogP contribution is 2.30. The van der Waals surface area contributed by atoms with Gasteiger partial charge in [-0.3, -0.25) is 10.1 Å². The van der Waals surface area contributed by atoms with E-state index in [1.165, 1.54) is 35.6 Å². The molecule has 0 aliphatic rings. The standard InChI is InChI=1S/C21H15ClN2O4S2/c22-17-9-5-4-8-16(17)18-12-29-21(23-18)24-20(25)19-11-10-14(28-19)13-30(26,27)15-6-2-1-3-7-15/h1-12H,13H2,(H,23,24,25). The van der Waals surface area contributed by atoms with Crippen molar-refractivity contribution in [3.05, 3.63) is 88.7 Å². The van der Waals surface area contributed by atoms with Crippen molar-refractivity contribution in [3.63, 3.8) is 0 Å². The number of nitrogens with one attached hydrogen (secondary N) is 1. The number of carbonyl (C=O) groups excluding carboxylic acids is 1. The van der Waals surface area contributed by atoms with E-state index in [1.807, 2.05) is 18.2 Å². The van der Waals surface area contributed by atoms with Crippen LogP contribution in [-0.2, 0) is 15.6 Å². The second-order valence-electron chi connectivity index (χ2n) is 6.31. The second-order valence-corrected chi connectivity index (χ2v) is 9.56. The number of rotatable bonds is 6. The summed E-state index contributed by atoms with van der Waals surface area (Å²) in [6, 6.07) is 18.3. The SMILES string of the molecule is O=C(Nc1nc(-c2ccccc2Cl)cs1)c1ccc(CS(=O)(=O)c2ccccc2)o1. The number of halogens is 1. The summed E-state index contributed by atoms with van der Waals surface area (Å²) in [6.45, 7) is 0. The van der Waals surface area contributed by atoms with E-state index >= 15 is 0 Å². The quantitative estimate of drug-likeness (QED) is 0.424. The van der Waals surface area contributed by atoms with Crippen molar-refractivity contribution in [1.29, 1.82) is 0 Å². The van der Waals surface area contributed by atoms with Gasteiger partial charge in [0.05, 0.1) is 10.6 Å². The Morgan fingerprint density at radius 2 is 1.77 bits per heavy atom. The summed E-state index contributed by atoms with van der Waals surface area (Å²) in [5.74, 6) is -0.667. The van der Waals surface area contributed by atoms with E-state index in [9.17, 15) is 13.2 Å². The van der Waals surface area contributed by atoms with E-state index in [0.29, 0.717) is 15.8 Å². The molecule has 1 amide bonds. The first kappa shape index (κ1) is 20.3. The molecule has 4 aromatic rings. The maximum absolute atomic E-state index is 12.5. The molecule has 30 heavy (non-hydrogen) atoms. The fraction of sp³-hybridized carbons (Fsp3) is 0.0476. The predicted octanol–water partition coefficient (Wildman–Crippen LogP) is 5.28. The normalized spacial score (nSPS) is 11.4. The van der Waals surface area contributed by atoms with Gasteiger partial charge in [-0.25, -0.2) is 13.4 Å². The number of hydrogen-bond acceptors (Lipinski definition) is 6. The number of nitrogens with zero attached hydrogens (tertiary/aromatic N) is 1. The molecule has 9 heteroatoms. The van der Waals surface area contributed by atoms with E-state index in [-0.39, 0.29) is 22.2 Å². The first-order valence-electron chi connectivity index (χ1n) is 8.81. The summed E-state index contributed by atoms with van der Waals surface area (Å²) in [5, 5.41) is 5.39. The zero-order chi connectivity index (χ0) is 21.1. The molecule has 0 aliphatic carbocycles. The molecule has 0 saturated carbocycles. The number of benzene rings is 2. The first-order chi connectivity index (χ1) is 14.4. The average Bonchev–Trinajstić information content (AvgIpc) is 3.38. The Balaban J connectivity index is 1.46. The Morgan fingerprint density at radius 3 is 2.53 bits per heavy atom. The Morgan fingerprint density at radius 1 is 1.03 bits per heavy atom. The lowest BCUT2D eigenvalue weighted by Gasteiger charge is -2.02. The van der Waals surface area contributed by atoms with Crippen LogP contribution < -0.4 is 5.32 Å².